The van der Waals surface area contributed by atoms with Crippen LogP contribution in [0.25, 0.3) is 0 Å². The van der Waals surface area contributed by atoms with Crippen LogP contribution in [0.2, 0.25) is 0 Å². The third-order valence-electron chi connectivity index (χ3n) is 5.81. The van der Waals surface area contributed by atoms with E-state index in [2.05, 4.69) is 28.9 Å². The van der Waals surface area contributed by atoms with Gasteiger partial charge >= 0.3 is 0 Å². The molecule has 2 atom stereocenters. The lowest BCUT2D eigenvalue weighted by molar-refractivity contribution is -0.143. The van der Waals surface area contributed by atoms with Gasteiger partial charge in [0.25, 0.3) is 0 Å². The third-order valence-corrected chi connectivity index (χ3v) is 7.04. The average Bonchev–Trinajstić information content (AvgIpc) is 3.24. The zero-order valence-corrected chi connectivity index (χ0v) is 14.3. The van der Waals surface area contributed by atoms with Crippen molar-refractivity contribution in [3.05, 3.63) is 21.9 Å². The highest BCUT2D eigenvalue weighted by Crippen LogP contribution is 2.38. The van der Waals surface area contributed by atoms with E-state index in [1.807, 2.05) is 11.3 Å². The number of carbonyl (C=O) groups is 1. The number of nitrogens with zero attached hydrogens (tertiary/aromatic N) is 2. The molecule has 3 heterocycles. The van der Waals surface area contributed by atoms with Gasteiger partial charge in [0.2, 0.25) is 5.91 Å². The van der Waals surface area contributed by atoms with Crippen molar-refractivity contribution in [2.45, 2.75) is 70.0 Å². The molecule has 2 saturated heterocycles. The summed E-state index contributed by atoms with van der Waals surface area (Å²) in [7, 11) is 0. The van der Waals surface area contributed by atoms with E-state index in [0.29, 0.717) is 11.9 Å². The summed E-state index contributed by atoms with van der Waals surface area (Å²) in [6.07, 6.45) is 7.90. The first-order valence-corrected chi connectivity index (χ1v) is 9.67. The maximum Gasteiger partial charge on any atom is 0.239 e. The molecule has 120 valence electrons. The Balaban J connectivity index is 1.45. The molecule has 0 bridgehead atoms. The Morgan fingerprint density at radius 2 is 2.00 bits per heavy atom. The van der Waals surface area contributed by atoms with E-state index in [1.165, 1.54) is 43.4 Å². The van der Waals surface area contributed by atoms with Crippen LogP contribution in [0.5, 0.6) is 0 Å². The van der Waals surface area contributed by atoms with Gasteiger partial charge in [0.1, 0.15) is 0 Å². The Morgan fingerprint density at radius 1 is 1.18 bits per heavy atom. The van der Waals surface area contributed by atoms with Gasteiger partial charge in [-0.3, -0.25) is 9.69 Å². The van der Waals surface area contributed by atoms with Gasteiger partial charge in [0, 0.05) is 35.4 Å². The quantitative estimate of drug-likeness (QED) is 0.850. The van der Waals surface area contributed by atoms with E-state index in [1.54, 1.807) is 4.88 Å². The molecule has 1 aromatic heterocycles. The van der Waals surface area contributed by atoms with Crippen molar-refractivity contribution in [1.82, 2.24) is 9.80 Å². The SMILES string of the molecule is C[C@H]1C(=O)N2CCC[C@H]2CN1Cc1ccc(C2CCCC2)s1. The summed E-state index contributed by atoms with van der Waals surface area (Å²) in [5.74, 6) is 1.16. The van der Waals surface area contributed by atoms with E-state index < -0.39 is 0 Å². The van der Waals surface area contributed by atoms with Crippen LogP contribution in [0.1, 0.15) is 61.1 Å². The molecule has 0 spiro atoms. The van der Waals surface area contributed by atoms with Crippen molar-refractivity contribution in [3.8, 4) is 0 Å². The molecule has 0 unspecified atom stereocenters. The van der Waals surface area contributed by atoms with E-state index >= 15 is 0 Å². The van der Waals surface area contributed by atoms with Crippen LogP contribution in [-0.4, -0.2) is 40.9 Å². The summed E-state index contributed by atoms with van der Waals surface area (Å²) in [6, 6.07) is 5.16. The summed E-state index contributed by atoms with van der Waals surface area (Å²) in [4.78, 5) is 20.0. The molecule has 1 aliphatic carbocycles. The van der Waals surface area contributed by atoms with E-state index in [-0.39, 0.29) is 6.04 Å². The molecule has 3 aliphatic rings. The van der Waals surface area contributed by atoms with Gasteiger partial charge in [-0.1, -0.05) is 12.8 Å². The number of amides is 1. The number of hydrogen-bond acceptors (Lipinski definition) is 3. The fourth-order valence-electron chi connectivity index (χ4n) is 4.45. The standard InChI is InChI=1S/C18H26N2OS/c1-13-18(21)20-10-4-7-15(20)11-19(13)12-16-8-9-17(22-16)14-5-2-3-6-14/h8-9,13-15H,2-7,10-12H2,1H3/t13-,15-/m0/s1. The van der Waals surface area contributed by atoms with Gasteiger partial charge in [-0.15, -0.1) is 11.3 Å². The predicted octanol–water partition coefficient (Wildman–Crippen LogP) is 3.60. The normalized spacial score (nSPS) is 30.2. The van der Waals surface area contributed by atoms with Crippen LogP contribution in [0.3, 0.4) is 0 Å². The van der Waals surface area contributed by atoms with Gasteiger partial charge < -0.3 is 4.90 Å². The minimum absolute atomic E-state index is 0.0476. The number of rotatable bonds is 3. The molecule has 3 fully saturated rings. The molecular formula is C18H26N2OS. The number of carbonyl (C=O) groups excluding carboxylic acids is 1. The summed E-state index contributed by atoms with van der Waals surface area (Å²) < 4.78 is 0. The first-order valence-electron chi connectivity index (χ1n) is 8.85. The van der Waals surface area contributed by atoms with Crippen molar-refractivity contribution >= 4 is 17.2 Å². The molecule has 1 amide bonds. The lowest BCUT2D eigenvalue weighted by Crippen LogP contribution is -2.58. The molecule has 3 nitrogen and oxygen atoms in total. The fraction of sp³-hybridized carbons (Fsp3) is 0.722. The van der Waals surface area contributed by atoms with Crippen molar-refractivity contribution in [2.24, 2.45) is 0 Å². The highest BCUT2D eigenvalue weighted by atomic mass is 32.1. The minimum Gasteiger partial charge on any atom is -0.337 e. The molecule has 22 heavy (non-hydrogen) atoms. The van der Waals surface area contributed by atoms with Crippen molar-refractivity contribution in [3.63, 3.8) is 0 Å². The van der Waals surface area contributed by atoms with Gasteiger partial charge in [0.05, 0.1) is 6.04 Å². The topological polar surface area (TPSA) is 23.6 Å². The molecule has 0 radical (unpaired) electrons. The minimum atomic E-state index is 0.0476. The predicted molar refractivity (Wildman–Crippen MR) is 90.1 cm³/mol. The van der Waals surface area contributed by atoms with Gasteiger partial charge in [-0.2, -0.15) is 0 Å². The summed E-state index contributed by atoms with van der Waals surface area (Å²) in [6.45, 7) is 5.08. The van der Waals surface area contributed by atoms with Crippen LogP contribution in [0, 0.1) is 0 Å². The fourth-order valence-corrected chi connectivity index (χ4v) is 5.66. The Morgan fingerprint density at radius 3 is 2.82 bits per heavy atom. The van der Waals surface area contributed by atoms with E-state index in [9.17, 15) is 4.79 Å². The van der Waals surface area contributed by atoms with E-state index in [0.717, 1.165) is 25.6 Å². The van der Waals surface area contributed by atoms with Gasteiger partial charge in [0.15, 0.2) is 0 Å². The van der Waals surface area contributed by atoms with Gasteiger partial charge in [-0.05, 0) is 50.7 Å². The molecular weight excluding hydrogens is 292 g/mol. The van der Waals surface area contributed by atoms with Crippen LogP contribution in [0.15, 0.2) is 12.1 Å². The lowest BCUT2D eigenvalue weighted by Gasteiger charge is -2.41. The molecule has 4 rings (SSSR count). The van der Waals surface area contributed by atoms with Gasteiger partial charge in [-0.25, -0.2) is 0 Å². The summed E-state index contributed by atoms with van der Waals surface area (Å²) in [5.41, 5.74) is 0. The molecule has 1 saturated carbocycles. The highest BCUT2D eigenvalue weighted by Gasteiger charge is 2.40. The van der Waals surface area contributed by atoms with Crippen LogP contribution < -0.4 is 0 Å². The molecule has 0 aromatic carbocycles. The highest BCUT2D eigenvalue weighted by molar-refractivity contribution is 7.12. The Hall–Kier alpha value is -0.870. The monoisotopic (exact) mass is 318 g/mol. The zero-order chi connectivity index (χ0) is 15.1. The second kappa shape index (κ2) is 5.97. The number of fused-ring (bicyclic) bond motifs is 1. The van der Waals surface area contributed by atoms with E-state index in [4.69, 9.17) is 0 Å². The maximum absolute atomic E-state index is 12.5. The molecule has 0 N–H and O–H groups in total. The van der Waals surface area contributed by atoms with Crippen molar-refractivity contribution in [2.75, 3.05) is 13.1 Å². The summed E-state index contributed by atoms with van der Waals surface area (Å²) >= 11 is 1.99. The largest absolute Gasteiger partial charge is 0.337 e. The smallest absolute Gasteiger partial charge is 0.239 e. The van der Waals surface area contributed by atoms with Crippen LogP contribution in [-0.2, 0) is 11.3 Å². The first kappa shape index (κ1) is 14.7. The second-order valence-electron chi connectivity index (χ2n) is 7.22. The molecule has 1 aromatic rings. The Kier molecular flexibility index (Phi) is 3.99. The molecule has 4 heteroatoms. The summed E-state index contributed by atoms with van der Waals surface area (Å²) in [5, 5.41) is 0. The second-order valence-corrected chi connectivity index (χ2v) is 8.42. The van der Waals surface area contributed by atoms with Crippen LogP contribution >= 0.6 is 11.3 Å². The Labute approximate surface area is 137 Å². The number of hydrogen-bond donors (Lipinski definition) is 0. The Bertz CT molecular complexity index is 549. The first-order chi connectivity index (χ1) is 10.7. The zero-order valence-electron chi connectivity index (χ0n) is 13.5. The van der Waals surface area contributed by atoms with Crippen molar-refractivity contribution < 1.29 is 4.79 Å². The number of thiophene rings is 1. The number of piperazine rings is 1. The van der Waals surface area contributed by atoms with Crippen molar-refractivity contribution in [1.29, 1.82) is 0 Å². The molecule has 2 aliphatic heterocycles. The maximum atomic E-state index is 12.5. The van der Waals surface area contributed by atoms with Crippen LogP contribution in [0.4, 0.5) is 0 Å². The third kappa shape index (κ3) is 2.61. The average molecular weight is 318 g/mol. The lowest BCUT2D eigenvalue weighted by atomic mass is 10.1.